The van der Waals surface area contributed by atoms with Crippen LogP contribution < -0.4 is 10.6 Å². The Kier molecular flexibility index (Phi) is 7.08. The van der Waals surface area contributed by atoms with Gasteiger partial charge in [0.05, 0.1) is 0 Å². The van der Waals surface area contributed by atoms with Gasteiger partial charge in [-0.25, -0.2) is 4.39 Å². The van der Waals surface area contributed by atoms with Crippen LogP contribution >= 0.6 is 15.9 Å². The first-order chi connectivity index (χ1) is 9.93. The third-order valence-corrected chi connectivity index (χ3v) is 3.17. The van der Waals surface area contributed by atoms with Crippen LogP contribution in [0, 0.1) is 5.82 Å². The van der Waals surface area contributed by atoms with Crippen molar-refractivity contribution < 1.29 is 14.0 Å². The van der Waals surface area contributed by atoms with Crippen molar-refractivity contribution in [2.24, 2.45) is 0 Å². The highest BCUT2D eigenvalue weighted by Crippen LogP contribution is 2.16. The quantitative estimate of drug-likeness (QED) is 0.769. The van der Waals surface area contributed by atoms with Crippen molar-refractivity contribution in [3.05, 3.63) is 40.1 Å². The number of nitrogens with one attached hydrogen (secondary N) is 2. The first kappa shape index (κ1) is 17.4. The van der Waals surface area contributed by atoms with E-state index < -0.39 is 17.8 Å². The van der Waals surface area contributed by atoms with E-state index >= 15 is 0 Å². The summed E-state index contributed by atoms with van der Waals surface area (Å²) < 4.78 is 14.2. The monoisotopic (exact) mass is 356 g/mol. The van der Waals surface area contributed by atoms with Gasteiger partial charge >= 0.3 is 0 Å². The van der Waals surface area contributed by atoms with Crippen LogP contribution in [0.5, 0.6) is 0 Å². The number of carbonyl (C=O) groups is 2. The van der Waals surface area contributed by atoms with Gasteiger partial charge in [0.25, 0.3) is 0 Å². The third-order valence-electron chi connectivity index (χ3n) is 2.67. The summed E-state index contributed by atoms with van der Waals surface area (Å²) in [5.41, 5.74) is 0.294. The summed E-state index contributed by atoms with van der Waals surface area (Å²) in [4.78, 5) is 23.3. The molecule has 0 fully saturated rings. The maximum Gasteiger partial charge on any atom is 0.244 e. The number of halogens is 2. The van der Waals surface area contributed by atoms with Crippen molar-refractivity contribution in [2.75, 3.05) is 6.54 Å². The molecule has 1 unspecified atom stereocenters. The zero-order chi connectivity index (χ0) is 15.8. The van der Waals surface area contributed by atoms with Crippen molar-refractivity contribution in [3.63, 3.8) is 0 Å². The topological polar surface area (TPSA) is 58.2 Å². The highest BCUT2D eigenvalue weighted by Gasteiger charge is 2.13. The first-order valence-electron chi connectivity index (χ1n) is 6.65. The predicted octanol–water partition coefficient (Wildman–Crippen LogP) is 2.63. The van der Waals surface area contributed by atoms with Crippen LogP contribution in [-0.2, 0) is 9.59 Å². The highest BCUT2D eigenvalue weighted by molar-refractivity contribution is 9.10. The molecule has 0 aromatic heterocycles. The highest BCUT2D eigenvalue weighted by atomic mass is 79.9. The Morgan fingerprint density at radius 3 is 2.81 bits per heavy atom. The van der Waals surface area contributed by atoms with E-state index in [1.807, 2.05) is 6.92 Å². The van der Waals surface area contributed by atoms with Crippen molar-refractivity contribution in [1.82, 2.24) is 10.6 Å². The second-order valence-corrected chi connectivity index (χ2v) is 5.44. The van der Waals surface area contributed by atoms with E-state index in [-0.39, 0.29) is 5.91 Å². The van der Waals surface area contributed by atoms with Gasteiger partial charge in [0, 0.05) is 22.7 Å². The van der Waals surface area contributed by atoms with E-state index in [1.54, 1.807) is 19.1 Å². The number of benzene rings is 1. The molecule has 1 aromatic carbocycles. The number of hydrogen-bond acceptors (Lipinski definition) is 2. The molecule has 0 aliphatic carbocycles. The van der Waals surface area contributed by atoms with Crippen LogP contribution in [0.4, 0.5) is 4.39 Å². The summed E-state index contributed by atoms with van der Waals surface area (Å²) in [5.74, 6) is -1.11. The Bertz CT molecular complexity index is 546. The Balaban J connectivity index is 2.58. The molecule has 2 N–H and O–H groups in total. The first-order valence-corrected chi connectivity index (χ1v) is 7.44. The van der Waals surface area contributed by atoms with Crippen molar-refractivity contribution in [2.45, 2.75) is 26.3 Å². The molecule has 0 aliphatic rings. The minimum absolute atomic E-state index is 0.243. The van der Waals surface area contributed by atoms with Gasteiger partial charge in [-0.05, 0) is 37.6 Å². The Morgan fingerprint density at radius 2 is 2.14 bits per heavy atom. The molecular weight excluding hydrogens is 339 g/mol. The average molecular weight is 357 g/mol. The predicted molar refractivity (Wildman–Crippen MR) is 84.0 cm³/mol. The van der Waals surface area contributed by atoms with Gasteiger partial charge in [0.1, 0.15) is 11.9 Å². The lowest BCUT2D eigenvalue weighted by Crippen LogP contribution is -2.44. The molecule has 0 bridgehead atoms. The number of carbonyl (C=O) groups excluding carboxylic acids is 2. The fourth-order valence-electron chi connectivity index (χ4n) is 1.54. The van der Waals surface area contributed by atoms with Gasteiger partial charge in [-0.1, -0.05) is 22.9 Å². The maximum absolute atomic E-state index is 13.5. The zero-order valence-electron chi connectivity index (χ0n) is 12.0. The molecule has 1 atom stereocenters. The molecule has 0 saturated carbocycles. The second kappa shape index (κ2) is 8.56. The Labute approximate surface area is 131 Å². The molecule has 6 heteroatoms. The standard InChI is InChI=1S/C15H18BrFN2O2/c1-3-8-18-15(21)10(2)19-14(20)7-4-11-9-12(16)5-6-13(11)17/h4-7,9-10H,3,8H2,1-2H3,(H,18,21)(H,19,20). The summed E-state index contributed by atoms with van der Waals surface area (Å²) in [6.07, 6.45) is 3.40. The number of hydrogen-bond donors (Lipinski definition) is 2. The molecule has 0 aliphatic heterocycles. The minimum atomic E-state index is -0.638. The molecule has 4 nitrogen and oxygen atoms in total. The van der Waals surface area contributed by atoms with E-state index in [2.05, 4.69) is 26.6 Å². The lowest BCUT2D eigenvalue weighted by molar-refractivity contribution is -0.126. The number of rotatable bonds is 6. The van der Waals surface area contributed by atoms with E-state index in [4.69, 9.17) is 0 Å². The summed E-state index contributed by atoms with van der Waals surface area (Å²) in [6, 6.07) is 3.81. The normalized spacial score (nSPS) is 12.2. The molecule has 1 aromatic rings. The summed E-state index contributed by atoms with van der Waals surface area (Å²) in [6.45, 7) is 4.10. The smallest absolute Gasteiger partial charge is 0.244 e. The molecule has 2 amide bonds. The van der Waals surface area contributed by atoms with Crippen LogP contribution in [-0.4, -0.2) is 24.4 Å². The van der Waals surface area contributed by atoms with Crippen LogP contribution in [0.2, 0.25) is 0 Å². The second-order valence-electron chi connectivity index (χ2n) is 4.52. The maximum atomic E-state index is 13.5. The third kappa shape index (κ3) is 6.08. The fraction of sp³-hybridized carbons (Fsp3) is 0.333. The average Bonchev–Trinajstić information content (AvgIpc) is 2.45. The number of amides is 2. The molecular formula is C15H18BrFN2O2. The van der Waals surface area contributed by atoms with Crippen molar-refractivity contribution in [3.8, 4) is 0 Å². The summed E-state index contributed by atoms with van der Waals surface area (Å²) in [5, 5.41) is 5.20. The molecule has 0 radical (unpaired) electrons. The van der Waals surface area contributed by atoms with Crippen molar-refractivity contribution in [1.29, 1.82) is 0 Å². The molecule has 0 heterocycles. The van der Waals surface area contributed by atoms with Gasteiger partial charge in [0.15, 0.2) is 0 Å². The lowest BCUT2D eigenvalue weighted by Gasteiger charge is -2.12. The van der Waals surface area contributed by atoms with E-state index in [1.165, 1.54) is 18.2 Å². The largest absolute Gasteiger partial charge is 0.354 e. The zero-order valence-corrected chi connectivity index (χ0v) is 13.5. The van der Waals surface area contributed by atoms with E-state index in [0.29, 0.717) is 12.1 Å². The summed E-state index contributed by atoms with van der Waals surface area (Å²) in [7, 11) is 0. The molecule has 0 spiro atoms. The molecule has 1 rings (SSSR count). The Hall–Kier alpha value is -1.69. The molecule has 21 heavy (non-hydrogen) atoms. The van der Waals surface area contributed by atoms with Gasteiger partial charge in [-0.2, -0.15) is 0 Å². The minimum Gasteiger partial charge on any atom is -0.354 e. The lowest BCUT2D eigenvalue weighted by atomic mass is 10.2. The molecule has 0 saturated heterocycles. The van der Waals surface area contributed by atoms with E-state index in [0.717, 1.165) is 10.9 Å². The Morgan fingerprint density at radius 1 is 1.43 bits per heavy atom. The van der Waals surface area contributed by atoms with Gasteiger partial charge in [0.2, 0.25) is 11.8 Å². The van der Waals surface area contributed by atoms with E-state index in [9.17, 15) is 14.0 Å². The van der Waals surface area contributed by atoms with Gasteiger partial charge in [-0.15, -0.1) is 0 Å². The van der Waals surface area contributed by atoms with Crippen LogP contribution in [0.3, 0.4) is 0 Å². The van der Waals surface area contributed by atoms with Gasteiger partial charge in [-0.3, -0.25) is 9.59 Å². The fourth-order valence-corrected chi connectivity index (χ4v) is 1.91. The van der Waals surface area contributed by atoms with Crippen LogP contribution in [0.1, 0.15) is 25.8 Å². The summed E-state index contributed by atoms with van der Waals surface area (Å²) >= 11 is 3.23. The SMILES string of the molecule is CCCNC(=O)C(C)NC(=O)C=Cc1cc(Br)ccc1F. The van der Waals surface area contributed by atoms with Crippen LogP contribution in [0.25, 0.3) is 6.08 Å². The van der Waals surface area contributed by atoms with Crippen molar-refractivity contribution >= 4 is 33.8 Å². The van der Waals surface area contributed by atoms with Crippen LogP contribution in [0.15, 0.2) is 28.7 Å². The van der Waals surface area contributed by atoms with Gasteiger partial charge < -0.3 is 10.6 Å². The molecule has 114 valence electrons.